The molecule has 1 aliphatic carbocycles. The average Bonchev–Trinajstić information content (AvgIpc) is 3.49. The summed E-state index contributed by atoms with van der Waals surface area (Å²) in [7, 11) is 1.84. The van der Waals surface area contributed by atoms with E-state index >= 15 is 0 Å². The van der Waals surface area contributed by atoms with Gasteiger partial charge in [-0.2, -0.15) is 0 Å². The smallest absolute Gasteiger partial charge is 0.274 e. The largest absolute Gasteiger partial charge is 0.367 e. The Bertz CT molecular complexity index is 922. The molecule has 0 bridgehead atoms. The minimum atomic E-state index is -0.267. The van der Waals surface area contributed by atoms with Crippen molar-refractivity contribution in [2.75, 3.05) is 38.5 Å². The van der Waals surface area contributed by atoms with Crippen molar-refractivity contribution < 1.29 is 9.18 Å². The van der Waals surface area contributed by atoms with E-state index in [1.165, 1.54) is 25.0 Å². The fraction of sp³-hybridized carbons (Fsp3) is 0.542. The van der Waals surface area contributed by atoms with Gasteiger partial charge >= 0.3 is 0 Å². The lowest BCUT2D eigenvalue weighted by Gasteiger charge is -2.22. The topological polar surface area (TPSA) is 61.4 Å². The molecule has 1 aromatic carbocycles. The third-order valence-electron chi connectivity index (χ3n) is 6.41. The number of likely N-dealkylation sites (tertiary alicyclic amines) is 1. The lowest BCUT2D eigenvalue weighted by Crippen LogP contribution is -2.31. The number of carbonyl (C=O) groups excluding carboxylic acids is 1. The Kier molecular flexibility index (Phi) is 6.51. The predicted octanol–water partition coefficient (Wildman–Crippen LogP) is 3.82. The maximum Gasteiger partial charge on any atom is 0.274 e. The van der Waals surface area contributed by atoms with E-state index in [1.54, 1.807) is 17.0 Å². The molecule has 1 atom stereocenters. The lowest BCUT2D eigenvalue weighted by molar-refractivity contribution is 0.0777. The van der Waals surface area contributed by atoms with Crippen LogP contribution in [-0.4, -0.2) is 64.9 Å². The number of amides is 1. The quantitative estimate of drug-likeness (QED) is 0.697. The molecule has 0 radical (unpaired) electrons. The van der Waals surface area contributed by atoms with E-state index in [0.29, 0.717) is 23.2 Å². The average molecular weight is 426 g/mol. The fourth-order valence-electron chi connectivity index (χ4n) is 4.21. The van der Waals surface area contributed by atoms with Crippen molar-refractivity contribution in [3.63, 3.8) is 0 Å². The van der Waals surface area contributed by atoms with Crippen LogP contribution in [0.25, 0.3) is 0 Å². The predicted molar refractivity (Wildman–Crippen MR) is 120 cm³/mol. The first-order chi connectivity index (χ1) is 14.9. The van der Waals surface area contributed by atoms with Gasteiger partial charge in [0.15, 0.2) is 0 Å². The molecule has 1 saturated heterocycles. The summed E-state index contributed by atoms with van der Waals surface area (Å²) in [5, 5.41) is 3.46. The summed E-state index contributed by atoms with van der Waals surface area (Å²) in [4.78, 5) is 26.9. The van der Waals surface area contributed by atoms with E-state index < -0.39 is 0 Å². The molecule has 1 aromatic heterocycles. The number of anilines is 1. The van der Waals surface area contributed by atoms with Gasteiger partial charge in [0, 0.05) is 32.1 Å². The third-order valence-corrected chi connectivity index (χ3v) is 6.41. The summed E-state index contributed by atoms with van der Waals surface area (Å²) in [6.45, 7) is 7.89. The van der Waals surface area contributed by atoms with Gasteiger partial charge in [-0.15, -0.1) is 0 Å². The minimum absolute atomic E-state index is 0.0799. The molecule has 166 valence electrons. The molecule has 1 saturated carbocycles. The number of carbonyl (C=O) groups is 1. The van der Waals surface area contributed by atoms with Crippen LogP contribution in [0.1, 0.15) is 66.0 Å². The van der Waals surface area contributed by atoms with Gasteiger partial charge in [0.05, 0.1) is 11.4 Å². The number of nitrogens with one attached hydrogen (secondary N) is 1. The van der Waals surface area contributed by atoms with Crippen LogP contribution in [0.4, 0.5) is 10.2 Å². The maximum atomic E-state index is 13.4. The van der Waals surface area contributed by atoms with Crippen molar-refractivity contribution in [3.8, 4) is 0 Å². The van der Waals surface area contributed by atoms with E-state index in [1.807, 2.05) is 20.9 Å². The van der Waals surface area contributed by atoms with Gasteiger partial charge in [0.25, 0.3) is 5.91 Å². The van der Waals surface area contributed by atoms with Crippen LogP contribution in [0.3, 0.4) is 0 Å². The second kappa shape index (κ2) is 9.30. The van der Waals surface area contributed by atoms with Gasteiger partial charge in [0.1, 0.15) is 17.3 Å². The molecule has 2 fully saturated rings. The van der Waals surface area contributed by atoms with Crippen molar-refractivity contribution >= 4 is 11.7 Å². The third kappa shape index (κ3) is 5.03. The molecule has 2 aliphatic rings. The van der Waals surface area contributed by atoms with Crippen LogP contribution in [0.2, 0.25) is 0 Å². The molecular formula is C24H32FN5O. The van der Waals surface area contributed by atoms with Crippen LogP contribution < -0.4 is 5.32 Å². The van der Waals surface area contributed by atoms with E-state index in [9.17, 15) is 9.18 Å². The highest BCUT2D eigenvalue weighted by Gasteiger charge is 2.32. The highest BCUT2D eigenvalue weighted by atomic mass is 19.1. The molecular weight excluding hydrogens is 393 g/mol. The fourth-order valence-corrected chi connectivity index (χ4v) is 4.21. The summed E-state index contributed by atoms with van der Waals surface area (Å²) in [6, 6.07) is 6.77. The summed E-state index contributed by atoms with van der Waals surface area (Å²) in [5.74, 6) is 0.236. The van der Waals surface area contributed by atoms with Gasteiger partial charge in [-0.3, -0.25) is 4.79 Å². The molecule has 4 rings (SSSR count). The Labute approximate surface area is 183 Å². The number of aromatic nitrogens is 2. The first-order valence-electron chi connectivity index (χ1n) is 11.3. The second-order valence-electron chi connectivity index (χ2n) is 8.79. The number of aryl methyl sites for hydroxylation is 1. The lowest BCUT2D eigenvalue weighted by atomic mass is 9.97. The number of rotatable bonds is 8. The summed E-state index contributed by atoms with van der Waals surface area (Å²) in [6.07, 6.45) is 4.61. The van der Waals surface area contributed by atoms with Gasteiger partial charge in [-0.05, 0) is 63.4 Å². The molecule has 0 spiro atoms. The van der Waals surface area contributed by atoms with Crippen molar-refractivity contribution in [1.29, 1.82) is 0 Å². The molecule has 31 heavy (non-hydrogen) atoms. The second-order valence-corrected chi connectivity index (χ2v) is 8.79. The van der Waals surface area contributed by atoms with E-state index in [-0.39, 0.29) is 17.6 Å². The Morgan fingerprint density at radius 2 is 1.90 bits per heavy atom. The number of benzene rings is 1. The number of hydrogen-bond donors (Lipinski definition) is 1. The van der Waals surface area contributed by atoms with Crippen LogP contribution in [0.5, 0.6) is 0 Å². The summed E-state index contributed by atoms with van der Waals surface area (Å²) in [5.41, 5.74) is 2.71. The molecule has 2 aromatic rings. The van der Waals surface area contributed by atoms with E-state index in [4.69, 9.17) is 9.97 Å². The maximum absolute atomic E-state index is 13.4. The monoisotopic (exact) mass is 425 g/mol. The Balaban J connectivity index is 1.62. The first kappa shape index (κ1) is 21.7. The molecule has 1 N–H and O–H groups in total. The van der Waals surface area contributed by atoms with Crippen LogP contribution >= 0.6 is 0 Å². The van der Waals surface area contributed by atoms with Gasteiger partial charge in [-0.25, -0.2) is 14.4 Å². The van der Waals surface area contributed by atoms with Crippen LogP contribution in [0.15, 0.2) is 24.3 Å². The zero-order valence-electron chi connectivity index (χ0n) is 18.7. The molecule has 7 heteroatoms. The van der Waals surface area contributed by atoms with Gasteiger partial charge in [-0.1, -0.05) is 19.1 Å². The van der Waals surface area contributed by atoms with Crippen molar-refractivity contribution in [2.45, 2.75) is 51.5 Å². The van der Waals surface area contributed by atoms with Gasteiger partial charge in [0.2, 0.25) is 0 Å². The van der Waals surface area contributed by atoms with Crippen molar-refractivity contribution in [2.24, 2.45) is 0 Å². The number of nitrogens with zero attached hydrogens (tertiary/aromatic N) is 4. The minimum Gasteiger partial charge on any atom is -0.367 e. The summed E-state index contributed by atoms with van der Waals surface area (Å²) >= 11 is 0. The molecule has 6 nitrogen and oxygen atoms in total. The van der Waals surface area contributed by atoms with E-state index in [0.717, 1.165) is 50.3 Å². The SMILES string of the molecule is Cc1nc(NCCN2CCCC2)c(C(C)c2ccc(F)cc2)nc1C(=O)N(C)C1CC1. The normalized spacial score (nSPS) is 17.5. The Hall–Kier alpha value is -2.54. The van der Waals surface area contributed by atoms with E-state index in [2.05, 4.69) is 10.2 Å². The Morgan fingerprint density at radius 1 is 1.23 bits per heavy atom. The standard InChI is InChI=1S/C24H32FN5O/c1-16(18-6-8-19(25)9-7-18)21-23(26-12-15-30-13-4-5-14-30)27-17(2)22(28-21)24(31)29(3)20-10-11-20/h6-9,16,20H,4-5,10-15H2,1-3H3,(H,26,27). The highest BCUT2D eigenvalue weighted by Crippen LogP contribution is 2.31. The molecule has 1 amide bonds. The van der Waals surface area contributed by atoms with Crippen LogP contribution in [0, 0.1) is 12.7 Å². The zero-order chi connectivity index (χ0) is 22.0. The van der Waals surface area contributed by atoms with Crippen molar-refractivity contribution in [3.05, 3.63) is 52.7 Å². The molecule has 1 aliphatic heterocycles. The number of halogens is 1. The van der Waals surface area contributed by atoms with Gasteiger partial charge < -0.3 is 15.1 Å². The number of hydrogen-bond acceptors (Lipinski definition) is 5. The zero-order valence-corrected chi connectivity index (χ0v) is 18.7. The Morgan fingerprint density at radius 3 is 2.55 bits per heavy atom. The molecule has 2 heterocycles. The summed E-state index contributed by atoms with van der Waals surface area (Å²) < 4.78 is 13.4. The molecule has 1 unspecified atom stereocenters. The first-order valence-corrected chi connectivity index (χ1v) is 11.3. The van der Waals surface area contributed by atoms with Crippen molar-refractivity contribution in [1.82, 2.24) is 19.8 Å². The van der Waals surface area contributed by atoms with Crippen LogP contribution in [-0.2, 0) is 0 Å². The highest BCUT2D eigenvalue weighted by molar-refractivity contribution is 5.93.